The first-order valence-electron chi connectivity index (χ1n) is 8.99. The summed E-state index contributed by atoms with van der Waals surface area (Å²) in [5.41, 5.74) is -0.482. The molecule has 0 fully saturated rings. The van der Waals surface area contributed by atoms with E-state index in [-0.39, 0.29) is 0 Å². The highest BCUT2D eigenvalue weighted by molar-refractivity contribution is 7.85. The maximum atomic E-state index is 11.4. The molecule has 1 aromatic rings. The van der Waals surface area contributed by atoms with Crippen LogP contribution in [0.1, 0.15) is 0 Å². The zero-order valence-electron chi connectivity index (χ0n) is 17.1. The van der Waals surface area contributed by atoms with Gasteiger partial charge in [0, 0.05) is 6.07 Å². The van der Waals surface area contributed by atoms with E-state index >= 15 is 0 Å². The molecule has 0 aliphatic rings. The Balaban J connectivity index is 0.00000161. The Hall–Kier alpha value is -3.68. The monoisotopic (exact) mass is 442 g/mol. The molecular formula is C24H26O6S. The van der Waals surface area contributed by atoms with E-state index in [4.69, 9.17) is 13.4 Å². The van der Waals surface area contributed by atoms with Gasteiger partial charge < -0.3 is 8.83 Å². The first-order chi connectivity index (χ1) is 14.9. The lowest BCUT2D eigenvalue weighted by molar-refractivity contribution is 0.475. The molecule has 0 bridgehead atoms. The van der Waals surface area contributed by atoms with Gasteiger partial charge in [-0.2, -0.15) is 8.42 Å². The summed E-state index contributed by atoms with van der Waals surface area (Å²) >= 11 is 0. The fraction of sp³-hybridized carbons (Fsp3) is 0.0417. The van der Waals surface area contributed by atoms with Crippen LogP contribution in [0.25, 0.3) is 0 Å². The van der Waals surface area contributed by atoms with Crippen LogP contribution < -0.4 is 5.63 Å². The average molecular weight is 443 g/mol. The van der Waals surface area contributed by atoms with E-state index in [1.165, 1.54) is 24.9 Å². The molecule has 1 rings (SSSR count). The van der Waals surface area contributed by atoms with Crippen LogP contribution in [-0.2, 0) is 10.1 Å². The van der Waals surface area contributed by atoms with Crippen molar-refractivity contribution in [2.45, 2.75) is 0 Å². The van der Waals surface area contributed by atoms with Crippen LogP contribution in [-0.4, -0.2) is 19.2 Å². The quantitative estimate of drug-likeness (QED) is 0.543. The number of hydrogen-bond acceptors (Lipinski definition) is 5. The van der Waals surface area contributed by atoms with Crippen molar-refractivity contribution in [2.24, 2.45) is 0 Å². The van der Waals surface area contributed by atoms with Crippen molar-refractivity contribution in [3.8, 4) is 0 Å². The van der Waals surface area contributed by atoms with Crippen LogP contribution in [0, 0.1) is 0 Å². The van der Waals surface area contributed by atoms with Crippen molar-refractivity contribution in [1.29, 1.82) is 0 Å². The highest BCUT2D eigenvalue weighted by Gasteiger charge is 1.81. The normalized spacial score (nSPS) is 8.71. The molecule has 31 heavy (non-hydrogen) atoms. The molecular weight excluding hydrogens is 416 g/mol. The summed E-state index contributed by atoms with van der Waals surface area (Å²) in [6.45, 7) is 0. The van der Waals surface area contributed by atoms with Crippen molar-refractivity contribution in [3.63, 3.8) is 0 Å². The smallest absolute Gasteiger partial charge is 0.335 e. The Morgan fingerprint density at radius 1 is 0.581 bits per heavy atom. The van der Waals surface area contributed by atoms with E-state index < -0.39 is 15.7 Å². The number of hydrogen-bond donors (Lipinski definition) is 1. The Labute approximate surface area is 182 Å². The summed E-state index contributed by atoms with van der Waals surface area (Å²) in [5.74, 6) is 0. The minimum atomic E-state index is -3.67. The summed E-state index contributed by atoms with van der Waals surface area (Å²) in [6.07, 6.45) is 4.65. The van der Waals surface area contributed by atoms with Gasteiger partial charge >= 0.3 is 5.63 Å². The second-order valence-electron chi connectivity index (χ2n) is 5.35. The predicted octanol–water partition coefficient (Wildman–Crippen LogP) is 5.36. The standard InChI is InChI=1S/C23H22O3.CH4O3S/c24-23-19-17-15-13-11-9-7-5-3-1-2-4-6-8-10-12-14-16-18-20-25-21-22-26-23;1-5(2,3)4/h1-22H;1H3,(H,2,3,4). The molecule has 6 nitrogen and oxygen atoms in total. The average Bonchev–Trinajstić information content (AvgIpc) is 2.69. The third kappa shape index (κ3) is 28.6. The summed E-state index contributed by atoms with van der Waals surface area (Å²) < 4.78 is 35.7. The molecule has 0 spiro atoms. The fourth-order valence-electron chi connectivity index (χ4n) is 1.46. The minimum Gasteiger partial charge on any atom is -0.469 e. The summed E-state index contributed by atoms with van der Waals surface area (Å²) in [5, 5.41) is 0. The first kappa shape index (κ1) is 27.3. The molecule has 164 valence electrons. The zero-order chi connectivity index (χ0) is 23.0. The van der Waals surface area contributed by atoms with Gasteiger partial charge in [-0.15, -0.1) is 0 Å². The first-order valence-corrected chi connectivity index (χ1v) is 10.8. The van der Waals surface area contributed by atoms with Gasteiger partial charge in [-0.05, 0) is 6.07 Å². The third-order valence-electron chi connectivity index (χ3n) is 2.60. The molecule has 0 aliphatic heterocycles. The van der Waals surface area contributed by atoms with Gasteiger partial charge in [-0.25, -0.2) is 4.79 Å². The minimum absolute atomic E-state index is 0.482. The van der Waals surface area contributed by atoms with Crippen molar-refractivity contribution in [1.82, 2.24) is 0 Å². The van der Waals surface area contributed by atoms with Gasteiger partial charge in [-0.3, -0.25) is 4.55 Å². The lowest BCUT2D eigenvalue weighted by atomic mass is 10.4. The van der Waals surface area contributed by atoms with Gasteiger partial charge in [0.25, 0.3) is 10.1 Å². The Bertz CT molecular complexity index is 994. The second-order valence-corrected chi connectivity index (χ2v) is 6.81. The molecule has 1 aromatic heterocycles. The molecule has 0 unspecified atom stereocenters. The predicted molar refractivity (Wildman–Crippen MR) is 123 cm³/mol. The highest BCUT2D eigenvalue weighted by atomic mass is 32.2. The summed E-state index contributed by atoms with van der Waals surface area (Å²) in [7, 11) is -3.67. The topological polar surface area (TPSA) is 97.7 Å². The Morgan fingerprint density at radius 3 is 1.29 bits per heavy atom. The fourth-order valence-corrected chi connectivity index (χ4v) is 1.46. The number of rotatable bonds is 0. The van der Waals surface area contributed by atoms with Crippen molar-refractivity contribution < 1.29 is 21.8 Å². The molecule has 0 aromatic carbocycles. The summed E-state index contributed by atoms with van der Waals surface area (Å²) in [4.78, 5) is 11.4. The molecule has 0 atom stereocenters. The van der Waals surface area contributed by atoms with E-state index in [0.717, 1.165) is 0 Å². The van der Waals surface area contributed by atoms with Crippen LogP contribution in [0.15, 0.2) is 148 Å². The highest BCUT2D eigenvalue weighted by Crippen LogP contribution is 1.80. The molecule has 0 amide bonds. The van der Waals surface area contributed by atoms with E-state index in [1.807, 2.05) is 91.0 Å². The molecule has 1 heterocycles. The lowest BCUT2D eigenvalue weighted by Gasteiger charge is -1.71. The van der Waals surface area contributed by atoms with Crippen molar-refractivity contribution in [3.05, 3.63) is 144 Å². The second kappa shape index (κ2) is 19.6. The van der Waals surface area contributed by atoms with Crippen LogP contribution in [0.5, 0.6) is 0 Å². The van der Waals surface area contributed by atoms with E-state index in [9.17, 15) is 13.2 Å². The maximum absolute atomic E-state index is 11.4. The largest absolute Gasteiger partial charge is 0.469 e. The molecule has 0 saturated carbocycles. The molecule has 0 saturated heterocycles. The van der Waals surface area contributed by atoms with E-state index in [2.05, 4.69) is 0 Å². The van der Waals surface area contributed by atoms with Crippen LogP contribution in [0.2, 0.25) is 0 Å². The molecule has 0 radical (unpaired) electrons. The van der Waals surface area contributed by atoms with Crippen LogP contribution in [0.4, 0.5) is 0 Å². The van der Waals surface area contributed by atoms with Gasteiger partial charge in [0.2, 0.25) is 0 Å². The lowest BCUT2D eigenvalue weighted by Crippen LogP contribution is -1.88. The van der Waals surface area contributed by atoms with E-state index in [1.54, 1.807) is 18.2 Å². The molecule has 0 aliphatic carbocycles. The molecule has 7 heteroatoms. The van der Waals surface area contributed by atoms with Crippen molar-refractivity contribution >= 4 is 10.1 Å². The SMILES string of the molecule is CS(=O)(=O)O.O=c1ccccccccccccccccccccocco1. The van der Waals surface area contributed by atoms with Gasteiger partial charge in [0.05, 0.1) is 12.5 Å². The Morgan fingerprint density at radius 2 is 0.903 bits per heavy atom. The zero-order valence-corrected chi connectivity index (χ0v) is 17.9. The maximum Gasteiger partial charge on any atom is 0.335 e. The van der Waals surface area contributed by atoms with Gasteiger partial charge in [0.15, 0.2) is 0 Å². The molecule has 1 N–H and O–H groups in total. The van der Waals surface area contributed by atoms with Crippen LogP contribution >= 0.6 is 0 Å². The third-order valence-corrected chi connectivity index (χ3v) is 2.60. The van der Waals surface area contributed by atoms with E-state index in [0.29, 0.717) is 6.26 Å². The van der Waals surface area contributed by atoms with Crippen LogP contribution in [0.3, 0.4) is 0 Å². The summed E-state index contributed by atoms with van der Waals surface area (Å²) in [6, 6.07) is 35.0. The Kier molecular flexibility index (Phi) is 17.3. The van der Waals surface area contributed by atoms with Gasteiger partial charge in [-0.1, -0.05) is 103 Å². The van der Waals surface area contributed by atoms with Gasteiger partial charge in [0.1, 0.15) is 12.5 Å². The van der Waals surface area contributed by atoms with Crippen molar-refractivity contribution in [2.75, 3.05) is 6.26 Å².